The van der Waals surface area contributed by atoms with Gasteiger partial charge in [-0.25, -0.2) is 0 Å². The predicted octanol–water partition coefficient (Wildman–Crippen LogP) is -0.724. The monoisotopic (exact) mass is 130 g/mol. The van der Waals surface area contributed by atoms with Crippen molar-refractivity contribution in [1.82, 2.24) is 10.6 Å². The molecule has 0 saturated carbocycles. The molecule has 1 rings (SSSR count). The standard InChI is InChI=1S/C6H14N2O/c1-7-6-3-2-5(4-9)8-6/h5-9H,2-4H2,1H3. The van der Waals surface area contributed by atoms with Gasteiger partial charge in [0, 0.05) is 6.04 Å². The summed E-state index contributed by atoms with van der Waals surface area (Å²) in [5.41, 5.74) is 0. The average Bonchev–Trinajstić information content (AvgIpc) is 2.34. The molecular weight excluding hydrogens is 116 g/mol. The number of hydrogen-bond donors (Lipinski definition) is 3. The Morgan fingerprint density at radius 3 is 2.78 bits per heavy atom. The van der Waals surface area contributed by atoms with Crippen LogP contribution in [0.3, 0.4) is 0 Å². The second-order valence-electron chi connectivity index (χ2n) is 2.46. The van der Waals surface area contributed by atoms with Gasteiger partial charge in [-0.3, -0.25) is 5.32 Å². The van der Waals surface area contributed by atoms with Crippen LogP contribution in [0.1, 0.15) is 12.8 Å². The zero-order valence-electron chi connectivity index (χ0n) is 5.72. The smallest absolute Gasteiger partial charge is 0.0585 e. The van der Waals surface area contributed by atoms with Crippen molar-refractivity contribution in [2.45, 2.75) is 25.0 Å². The van der Waals surface area contributed by atoms with E-state index in [0.717, 1.165) is 12.8 Å². The Morgan fingerprint density at radius 1 is 1.67 bits per heavy atom. The average molecular weight is 130 g/mol. The topological polar surface area (TPSA) is 44.3 Å². The van der Waals surface area contributed by atoms with Crippen LogP contribution in [-0.2, 0) is 0 Å². The highest BCUT2D eigenvalue weighted by atomic mass is 16.3. The summed E-state index contributed by atoms with van der Waals surface area (Å²) in [5, 5.41) is 15.0. The third kappa shape index (κ3) is 1.64. The molecular formula is C6H14N2O. The lowest BCUT2D eigenvalue weighted by Gasteiger charge is -2.10. The molecule has 3 nitrogen and oxygen atoms in total. The van der Waals surface area contributed by atoms with Crippen molar-refractivity contribution in [2.75, 3.05) is 13.7 Å². The molecule has 0 amide bonds. The highest BCUT2D eigenvalue weighted by Gasteiger charge is 2.20. The minimum Gasteiger partial charge on any atom is -0.395 e. The van der Waals surface area contributed by atoms with E-state index in [1.807, 2.05) is 7.05 Å². The quantitative estimate of drug-likeness (QED) is 0.462. The van der Waals surface area contributed by atoms with Gasteiger partial charge in [0.15, 0.2) is 0 Å². The van der Waals surface area contributed by atoms with Crippen LogP contribution in [0.4, 0.5) is 0 Å². The van der Waals surface area contributed by atoms with Gasteiger partial charge in [0.2, 0.25) is 0 Å². The fourth-order valence-corrected chi connectivity index (χ4v) is 1.19. The molecule has 0 spiro atoms. The van der Waals surface area contributed by atoms with Gasteiger partial charge in [-0.2, -0.15) is 0 Å². The molecule has 1 fully saturated rings. The van der Waals surface area contributed by atoms with Crippen LogP contribution in [0.2, 0.25) is 0 Å². The van der Waals surface area contributed by atoms with E-state index < -0.39 is 0 Å². The fourth-order valence-electron chi connectivity index (χ4n) is 1.19. The van der Waals surface area contributed by atoms with E-state index in [1.165, 1.54) is 0 Å². The highest BCUT2D eigenvalue weighted by Crippen LogP contribution is 2.08. The molecule has 2 atom stereocenters. The first kappa shape index (κ1) is 6.99. The Bertz CT molecular complexity index is 77.1. The summed E-state index contributed by atoms with van der Waals surface area (Å²) >= 11 is 0. The first-order valence-electron chi connectivity index (χ1n) is 3.41. The van der Waals surface area contributed by atoms with Crippen LogP contribution < -0.4 is 10.6 Å². The Hall–Kier alpha value is -0.120. The van der Waals surface area contributed by atoms with Gasteiger partial charge >= 0.3 is 0 Å². The molecule has 54 valence electrons. The van der Waals surface area contributed by atoms with E-state index in [1.54, 1.807) is 0 Å². The lowest BCUT2D eigenvalue weighted by atomic mass is 10.2. The molecule has 1 aliphatic heterocycles. The summed E-state index contributed by atoms with van der Waals surface area (Å²) in [4.78, 5) is 0. The van der Waals surface area contributed by atoms with Gasteiger partial charge in [0.05, 0.1) is 12.8 Å². The van der Waals surface area contributed by atoms with E-state index in [-0.39, 0.29) is 6.61 Å². The highest BCUT2D eigenvalue weighted by molar-refractivity contribution is 4.79. The molecule has 0 aromatic carbocycles. The second kappa shape index (κ2) is 3.15. The fraction of sp³-hybridized carbons (Fsp3) is 1.00. The van der Waals surface area contributed by atoms with E-state index in [9.17, 15) is 0 Å². The first-order valence-corrected chi connectivity index (χ1v) is 3.41. The minimum absolute atomic E-state index is 0.262. The van der Waals surface area contributed by atoms with Crippen molar-refractivity contribution in [2.24, 2.45) is 0 Å². The van der Waals surface area contributed by atoms with Gasteiger partial charge in [-0.05, 0) is 19.9 Å². The van der Waals surface area contributed by atoms with E-state index in [2.05, 4.69) is 10.6 Å². The SMILES string of the molecule is CNC1CCC(CO)N1. The molecule has 1 heterocycles. The molecule has 3 N–H and O–H groups in total. The molecule has 9 heavy (non-hydrogen) atoms. The maximum atomic E-state index is 8.69. The summed E-state index contributed by atoms with van der Waals surface area (Å²) in [6, 6.07) is 0.322. The van der Waals surface area contributed by atoms with Crippen molar-refractivity contribution >= 4 is 0 Å². The number of nitrogens with one attached hydrogen (secondary N) is 2. The third-order valence-electron chi connectivity index (χ3n) is 1.81. The summed E-state index contributed by atoms with van der Waals surface area (Å²) in [6.45, 7) is 0.262. The van der Waals surface area contributed by atoms with Crippen LogP contribution >= 0.6 is 0 Å². The lowest BCUT2D eigenvalue weighted by molar-refractivity contribution is 0.250. The number of rotatable bonds is 2. The second-order valence-corrected chi connectivity index (χ2v) is 2.46. The van der Waals surface area contributed by atoms with E-state index in [4.69, 9.17) is 5.11 Å². The molecule has 1 saturated heterocycles. The molecule has 2 unspecified atom stereocenters. The largest absolute Gasteiger partial charge is 0.395 e. The minimum atomic E-state index is 0.262. The summed E-state index contributed by atoms with van der Waals surface area (Å²) in [7, 11) is 1.93. The molecule has 0 bridgehead atoms. The van der Waals surface area contributed by atoms with Crippen molar-refractivity contribution in [3.63, 3.8) is 0 Å². The molecule has 0 aliphatic carbocycles. The Kier molecular flexibility index (Phi) is 2.45. The molecule has 0 aromatic heterocycles. The Balaban J connectivity index is 2.20. The molecule has 0 aromatic rings. The zero-order valence-corrected chi connectivity index (χ0v) is 5.72. The van der Waals surface area contributed by atoms with Gasteiger partial charge in [-0.1, -0.05) is 0 Å². The molecule has 0 radical (unpaired) electrons. The Labute approximate surface area is 55.5 Å². The van der Waals surface area contributed by atoms with E-state index in [0.29, 0.717) is 12.2 Å². The summed E-state index contributed by atoms with van der Waals surface area (Å²) in [5.74, 6) is 0. The predicted molar refractivity (Wildman–Crippen MR) is 36.1 cm³/mol. The Morgan fingerprint density at radius 2 is 2.44 bits per heavy atom. The van der Waals surface area contributed by atoms with Crippen molar-refractivity contribution in [3.05, 3.63) is 0 Å². The third-order valence-corrected chi connectivity index (χ3v) is 1.81. The molecule has 3 heteroatoms. The number of hydrogen-bond acceptors (Lipinski definition) is 3. The van der Waals surface area contributed by atoms with Gasteiger partial charge in [0.25, 0.3) is 0 Å². The van der Waals surface area contributed by atoms with E-state index >= 15 is 0 Å². The van der Waals surface area contributed by atoms with Crippen LogP contribution in [0, 0.1) is 0 Å². The van der Waals surface area contributed by atoms with Crippen LogP contribution in [0.15, 0.2) is 0 Å². The molecule has 1 aliphatic rings. The van der Waals surface area contributed by atoms with Gasteiger partial charge in [0.1, 0.15) is 0 Å². The van der Waals surface area contributed by atoms with Crippen molar-refractivity contribution < 1.29 is 5.11 Å². The van der Waals surface area contributed by atoms with Crippen molar-refractivity contribution in [1.29, 1.82) is 0 Å². The van der Waals surface area contributed by atoms with Gasteiger partial charge < -0.3 is 10.4 Å². The van der Waals surface area contributed by atoms with Gasteiger partial charge in [-0.15, -0.1) is 0 Å². The van der Waals surface area contributed by atoms with Crippen LogP contribution in [-0.4, -0.2) is 31.0 Å². The normalized spacial score (nSPS) is 35.3. The zero-order chi connectivity index (χ0) is 6.69. The number of aliphatic hydroxyl groups excluding tert-OH is 1. The summed E-state index contributed by atoms with van der Waals surface area (Å²) in [6.07, 6.45) is 2.63. The van der Waals surface area contributed by atoms with Crippen molar-refractivity contribution in [3.8, 4) is 0 Å². The van der Waals surface area contributed by atoms with Crippen LogP contribution in [0.25, 0.3) is 0 Å². The van der Waals surface area contributed by atoms with Crippen LogP contribution in [0.5, 0.6) is 0 Å². The maximum Gasteiger partial charge on any atom is 0.0585 e. The summed E-state index contributed by atoms with van der Waals surface area (Å²) < 4.78 is 0. The first-order chi connectivity index (χ1) is 4.36. The lowest BCUT2D eigenvalue weighted by Crippen LogP contribution is -2.39. The number of aliphatic hydroxyl groups is 1. The maximum absolute atomic E-state index is 8.69.